The van der Waals surface area contributed by atoms with Crippen LogP contribution in [-0.4, -0.2) is 37.0 Å². The lowest BCUT2D eigenvalue weighted by Crippen LogP contribution is -2.34. The molecule has 0 bridgehead atoms. The van der Waals surface area contributed by atoms with Crippen molar-refractivity contribution in [1.29, 1.82) is 0 Å². The minimum Gasteiger partial charge on any atom is -0.506 e. The predicted molar refractivity (Wildman–Crippen MR) is 67.5 cm³/mol. The maximum atomic E-state index is 11.9. The van der Waals surface area contributed by atoms with Gasteiger partial charge in [0.2, 0.25) is 0 Å². The summed E-state index contributed by atoms with van der Waals surface area (Å²) in [4.78, 5) is 15.7. The van der Waals surface area contributed by atoms with Gasteiger partial charge in [0, 0.05) is 25.7 Å². The molecular formula is C12H15N5O2. The molecule has 1 atom stereocenters. The van der Waals surface area contributed by atoms with E-state index in [-0.39, 0.29) is 23.4 Å². The highest BCUT2D eigenvalue weighted by atomic mass is 16.3. The van der Waals surface area contributed by atoms with Crippen LogP contribution < -0.4 is 5.32 Å². The average Bonchev–Trinajstić information content (AvgIpc) is 2.75. The van der Waals surface area contributed by atoms with E-state index >= 15 is 0 Å². The zero-order valence-corrected chi connectivity index (χ0v) is 10.7. The van der Waals surface area contributed by atoms with E-state index in [1.807, 2.05) is 13.1 Å². The van der Waals surface area contributed by atoms with Crippen molar-refractivity contribution in [1.82, 2.24) is 25.3 Å². The molecule has 0 unspecified atom stereocenters. The average molecular weight is 261 g/mol. The molecule has 0 aliphatic rings. The maximum Gasteiger partial charge on any atom is 0.270 e. The summed E-state index contributed by atoms with van der Waals surface area (Å²) in [5.74, 6) is -0.249. The number of carbonyl (C=O) groups is 1. The molecule has 0 aliphatic carbocycles. The summed E-state index contributed by atoms with van der Waals surface area (Å²) in [6.07, 6.45) is 3.64. The maximum absolute atomic E-state index is 11.9. The number of aromatic hydroxyl groups is 1. The van der Waals surface area contributed by atoms with Crippen LogP contribution in [0.2, 0.25) is 0 Å². The Hall–Kier alpha value is -2.44. The van der Waals surface area contributed by atoms with Gasteiger partial charge in [0.15, 0.2) is 0 Å². The first-order chi connectivity index (χ1) is 9.04. The van der Waals surface area contributed by atoms with Gasteiger partial charge in [-0.25, -0.2) is 4.98 Å². The minimum absolute atomic E-state index is 0.0316. The molecule has 0 fully saturated rings. The van der Waals surface area contributed by atoms with Gasteiger partial charge in [-0.3, -0.25) is 9.48 Å². The Kier molecular flexibility index (Phi) is 3.74. The van der Waals surface area contributed by atoms with E-state index in [1.54, 1.807) is 11.7 Å². The van der Waals surface area contributed by atoms with E-state index in [4.69, 9.17) is 5.11 Å². The van der Waals surface area contributed by atoms with Crippen LogP contribution in [0.4, 0.5) is 0 Å². The quantitative estimate of drug-likeness (QED) is 0.824. The van der Waals surface area contributed by atoms with Crippen molar-refractivity contribution >= 4 is 5.91 Å². The molecule has 7 heteroatoms. The molecule has 0 aliphatic heterocycles. The summed E-state index contributed by atoms with van der Waals surface area (Å²) in [5, 5.41) is 19.7. The summed E-state index contributed by atoms with van der Waals surface area (Å²) < 4.78 is 1.62. The van der Waals surface area contributed by atoms with Crippen LogP contribution in [0.3, 0.4) is 0 Å². The van der Waals surface area contributed by atoms with Gasteiger partial charge >= 0.3 is 0 Å². The fourth-order valence-electron chi connectivity index (χ4n) is 1.67. The van der Waals surface area contributed by atoms with Crippen LogP contribution in [0.5, 0.6) is 5.75 Å². The van der Waals surface area contributed by atoms with E-state index in [9.17, 15) is 4.79 Å². The molecule has 2 N–H and O–H groups in total. The van der Waals surface area contributed by atoms with Gasteiger partial charge in [-0.2, -0.15) is 0 Å². The smallest absolute Gasteiger partial charge is 0.270 e. The highest BCUT2D eigenvalue weighted by Crippen LogP contribution is 2.06. The van der Waals surface area contributed by atoms with Gasteiger partial charge < -0.3 is 10.4 Å². The second kappa shape index (κ2) is 5.47. The third-order valence-electron chi connectivity index (χ3n) is 2.52. The normalized spacial score (nSPS) is 12.1. The van der Waals surface area contributed by atoms with E-state index in [0.717, 1.165) is 5.69 Å². The second-order valence-corrected chi connectivity index (χ2v) is 4.36. The van der Waals surface area contributed by atoms with E-state index in [1.165, 1.54) is 18.3 Å². The Morgan fingerprint density at radius 2 is 2.32 bits per heavy atom. The van der Waals surface area contributed by atoms with Crippen molar-refractivity contribution in [3.05, 3.63) is 35.9 Å². The lowest BCUT2D eigenvalue weighted by molar-refractivity contribution is 0.0935. The number of nitrogens with one attached hydrogen (secondary N) is 1. The van der Waals surface area contributed by atoms with Crippen molar-refractivity contribution < 1.29 is 9.90 Å². The van der Waals surface area contributed by atoms with Crippen LogP contribution in [-0.2, 0) is 13.5 Å². The van der Waals surface area contributed by atoms with Gasteiger partial charge in [-0.15, -0.1) is 5.10 Å². The summed E-state index contributed by atoms with van der Waals surface area (Å²) in [6, 6.07) is 2.81. The first-order valence-corrected chi connectivity index (χ1v) is 5.85. The van der Waals surface area contributed by atoms with Crippen molar-refractivity contribution in [3.8, 4) is 5.75 Å². The zero-order chi connectivity index (χ0) is 13.8. The Labute approximate surface area is 110 Å². The fraction of sp³-hybridized carbons (Fsp3) is 0.333. The molecule has 7 nitrogen and oxygen atoms in total. The minimum atomic E-state index is -0.281. The number of amides is 1. The molecule has 0 saturated heterocycles. The topological polar surface area (TPSA) is 92.9 Å². The molecule has 2 heterocycles. The molecule has 2 rings (SSSR count). The fourth-order valence-corrected chi connectivity index (χ4v) is 1.67. The standard InChI is InChI=1S/C12H15N5O2/c1-8(5-9-7-17(2)16-15-9)14-12(19)11-4-3-10(18)6-13-11/h3-4,6-8,18H,5H2,1-2H3,(H,14,19)/t8-/m1/s1. The Bertz CT molecular complexity index is 564. The van der Waals surface area contributed by atoms with Crippen molar-refractivity contribution in [3.63, 3.8) is 0 Å². The summed E-state index contributed by atoms with van der Waals surface area (Å²) in [5.41, 5.74) is 1.08. The number of pyridine rings is 1. The third-order valence-corrected chi connectivity index (χ3v) is 2.52. The molecule has 2 aromatic rings. The van der Waals surface area contributed by atoms with Gasteiger partial charge in [0.25, 0.3) is 5.91 Å². The second-order valence-electron chi connectivity index (χ2n) is 4.36. The Morgan fingerprint density at radius 3 is 2.89 bits per heavy atom. The lowest BCUT2D eigenvalue weighted by atomic mass is 10.2. The van der Waals surface area contributed by atoms with Crippen LogP contribution >= 0.6 is 0 Å². The van der Waals surface area contributed by atoms with Crippen LogP contribution in [0.15, 0.2) is 24.5 Å². The lowest BCUT2D eigenvalue weighted by Gasteiger charge is -2.11. The van der Waals surface area contributed by atoms with Gasteiger partial charge in [-0.05, 0) is 19.1 Å². The Morgan fingerprint density at radius 1 is 1.53 bits per heavy atom. The van der Waals surface area contributed by atoms with Crippen molar-refractivity contribution in [2.24, 2.45) is 7.05 Å². The first kappa shape index (κ1) is 13.0. The Balaban J connectivity index is 1.93. The monoisotopic (exact) mass is 261 g/mol. The SMILES string of the molecule is C[C@H](Cc1cn(C)nn1)NC(=O)c1ccc(O)cn1. The van der Waals surface area contributed by atoms with E-state index < -0.39 is 0 Å². The number of hydrogen-bond donors (Lipinski definition) is 2. The molecule has 0 aromatic carbocycles. The summed E-state index contributed by atoms with van der Waals surface area (Å²) >= 11 is 0. The number of nitrogens with zero attached hydrogens (tertiary/aromatic N) is 4. The highest BCUT2D eigenvalue weighted by Gasteiger charge is 2.12. The van der Waals surface area contributed by atoms with Gasteiger partial charge in [0.05, 0.1) is 11.9 Å². The number of hydrogen-bond acceptors (Lipinski definition) is 5. The van der Waals surface area contributed by atoms with Gasteiger partial charge in [0.1, 0.15) is 11.4 Å². The van der Waals surface area contributed by atoms with E-state index in [0.29, 0.717) is 6.42 Å². The molecule has 0 saturated carbocycles. The van der Waals surface area contributed by atoms with Gasteiger partial charge in [-0.1, -0.05) is 5.21 Å². The van der Waals surface area contributed by atoms with Crippen LogP contribution in [0, 0.1) is 0 Å². The highest BCUT2D eigenvalue weighted by molar-refractivity contribution is 5.92. The van der Waals surface area contributed by atoms with Crippen molar-refractivity contribution in [2.75, 3.05) is 0 Å². The molecule has 0 spiro atoms. The van der Waals surface area contributed by atoms with Crippen LogP contribution in [0.1, 0.15) is 23.1 Å². The summed E-state index contributed by atoms with van der Waals surface area (Å²) in [6.45, 7) is 1.88. The predicted octanol–water partition coefficient (Wildman–Crippen LogP) is 0.277. The molecule has 100 valence electrons. The third kappa shape index (κ3) is 3.51. The zero-order valence-electron chi connectivity index (χ0n) is 10.7. The largest absolute Gasteiger partial charge is 0.506 e. The first-order valence-electron chi connectivity index (χ1n) is 5.85. The number of carbonyl (C=O) groups excluding carboxylic acids is 1. The van der Waals surface area contributed by atoms with Crippen molar-refractivity contribution in [2.45, 2.75) is 19.4 Å². The molecule has 19 heavy (non-hydrogen) atoms. The van der Waals surface area contributed by atoms with E-state index in [2.05, 4.69) is 20.6 Å². The molecule has 2 aromatic heterocycles. The van der Waals surface area contributed by atoms with Crippen LogP contribution in [0.25, 0.3) is 0 Å². The molecular weight excluding hydrogens is 246 g/mol. The molecule has 0 radical (unpaired) electrons. The number of aryl methyl sites for hydroxylation is 1. The number of rotatable bonds is 4. The molecule has 1 amide bonds. The number of aromatic nitrogens is 4. The summed E-state index contributed by atoms with van der Waals surface area (Å²) in [7, 11) is 1.79.